The third kappa shape index (κ3) is 3.25. The van der Waals surface area contributed by atoms with Crippen molar-refractivity contribution in [3.8, 4) is 0 Å². The van der Waals surface area contributed by atoms with Crippen LogP contribution in [0.3, 0.4) is 0 Å². The van der Waals surface area contributed by atoms with E-state index in [-0.39, 0.29) is 29.4 Å². The fraction of sp³-hybridized carbons (Fsp3) is 0.600. The van der Waals surface area contributed by atoms with Crippen molar-refractivity contribution in [1.29, 1.82) is 0 Å². The van der Waals surface area contributed by atoms with Crippen LogP contribution < -0.4 is 10.9 Å². The Morgan fingerprint density at radius 1 is 1.38 bits per heavy atom. The van der Waals surface area contributed by atoms with Gasteiger partial charge in [-0.25, -0.2) is 4.79 Å². The molecule has 1 fully saturated rings. The molecule has 0 spiro atoms. The monoisotopic (exact) mass is 334 g/mol. The molecule has 3 rings (SSSR count). The van der Waals surface area contributed by atoms with Crippen LogP contribution in [-0.4, -0.2) is 61.9 Å². The van der Waals surface area contributed by atoms with E-state index in [0.717, 1.165) is 0 Å². The highest BCUT2D eigenvalue weighted by Gasteiger charge is 2.31. The molecule has 0 saturated carbocycles. The maximum Gasteiger partial charge on any atom is 0.317 e. The Hall–Kier alpha value is -2.42. The Bertz CT molecular complexity index is 790. The molecule has 1 aliphatic rings. The molecule has 3 heterocycles. The van der Waals surface area contributed by atoms with Crippen LogP contribution in [0.2, 0.25) is 0 Å². The summed E-state index contributed by atoms with van der Waals surface area (Å²) in [5.74, 6) is 0.646. The Kier molecular flexibility index (Phi) is 4.52. The van der Waals surface area contributed by atoms with Gasteiger partial charge in [0.1, 0.15) is 5.82 Å². The SMILES string of the molecule is CC(C)OC1CN(C(=O)NCCc2nnc3c(=O)n(C)ccn23)C1. The number of carbonyl (C=O) groups excluding carboxylic acids is 1. The standard InChI is InChI=1S/C15H22N6O3/c1-10(2)24-11-8-20(9-11)15(23)16-5-4-12-17-18-13-14(22)19(3)6-7-21(12)13/h6-7,10-11H,4-5,8-9H2,1-3H3,(H,16,23). The number of hydrogen-bond donors (Lipinski definition) is 1. The number of ether oxygens (including phenoxy) is 1. The van der Waals surface area contributed by atoms with E-state index in [4.69, 9.17) is 4.74 Å². The molecular weight excluding hydrogens is 312 g/mol. The van der Waals surface area contributed by atoms with Crippen molar-refractivity contribution in [2.24, 2.45) is 7.05 Å². The topological polar surface area (TPSA) is 93.8 Å². The molecule has 0 unspecified atom stereocenters. The summed E-state index contributed by atoms with van der Waals surface area (Å²) in [5, 5.41) is 10.8. The van der Waals surface area contributed by atoms with Crippen LogP contribution in [0.5, 0.6) is 0 Å². The number of rotatable bonds is 5. The van der Waals surface area contributed by atoms with Crippen LogP contribution in [0.4, 0.5) is 4.79 Å². The summed E-state index contributed by atoms with van der Waals surface area (Å²) in [7, 11) is 1.67. The second-order valence-electron chi connectivity index (χ2n) is 6.22. The molecule has 0 radical (unpaired) electrons. The zero-order valence-electron chi connectivity index (χ0n) is 14.1. The molecule has 130 valence electrons. The highest BCUT2D eigenvalue weighted by atomic mass is 16.5. The van der Waals surface area contributed by atoms with Gasteiger partial charge < -0.3 is 19.5 Å². The Balaban J connectivity index is 1.50. The minimum atomic E-state index is -0.197. The van der Waals surface area contributed by atoms with Gasteiger partial charge in [-0.1, -0.05) is 0 Å². The average Bonchev–Trinajstić information content (AvgIpc) is 2.90. The lowest BCUT2D eigenvalue weighted by Gasteiger charge is -2.39. The number of aromatic nitrogens is 4. The number of carbonyl (C=O) groups is 1. The van der Waals surface area contributed by atoms with E-state index >= 15 is 0 Å². The van der Waals surface area contributed by atoms with Crippen molar-refractivity contribution in [3.63, 3.8) is 0 Å². The number of nitrogens with one attached hydrogen (secondary N) is 1. The van der Waals surface area contributed by atoms with Crippen molar-refractivity contribution < 1.29 is 9.53 Å². The summed E-state index contributed by atoms with van der Waals surface area (Å²) >= 11 is 0. The van der Waals surface area contributed by atoms with Gasteiger partial charge in [0.2, 0.25) is 5.65 Å². The second kappa shape index (κ2) is 6.60. The van der Waals surface area contributed by atoms with Gasteiger partial charge in [-0.05, 0) is 13.8 Å². The first kappa shape index (κ1) is 16.4. The summed E-state index contributed by atoms with van der Waals surface area (Å²) < 4.78 is 8.73. The van der Waals surface area contributed by atoms with Crippen LogP contribution in [0.25, 0.3) is 5.65 Å². The number of hydrogen-bond acceptors (Lipinski definition) is 5. The number of fused-ring (bicyclic) bond motifs is 1. The van der Waals surface area contributed by atoms with E-state index < -0.39 is 0 Å². The summed E-state index contributed by atoms with van der Waals surface area (Å²) in [5.41, 5.74) is 0.0924. The number of aryl methyl sites for hydroxylation is 1. The molecule has 0 bridgehead atoms. The molecule has 0 aromatic carbocycles. The second-order valence-corrected chi connectivity index (χ2v) is 6.22. The zero-order chi connectivity index (χ0) is 17.3. The lowest BCUT2D eigenvalue weighted by molar-refractivity contribution is -0.0641. The number of amides is 2. The van der Waals surface area contributed by atoms with Crippen molar-refractivity contribution >= 4 is 11.7 Å². The first-order chi connectivity index (χ1) is 11.5. The minimum absolute atomic E-state index is 0.108. The highest BCUT2D eigenvalue weighted by Crippen LogP contribution is 2.13. The van der Waals surface area contributed by atoms with E-state index in [1.165, 1.54) is 4.57 Å². The molecule has 1 saturated heterocycles. The highest BCUT2D eigenvalue weighted by molar-refractivity contribution is 5.75. The normalized spacial score (nSPS) is 15.1. The molecule has 24 heavy (non-hydrogen) atoms. The lowest BCUT2D eigenvalue weighted by atomic mass is 10.2. The summed E-state index contributed by atoms with van der Waals surface area (Å²) in [6.45, 7) is 5.64. The van der Waals surface area contributed by atoms with Gasteiger partial charge in [-0.2, -0.15) is 0 Å². The number of urea groups is 1. The first-order valence-corrected chi connectivity index (χ1v) is 8.03. The number of likely N-dealkylation sites (tertiary alicyclic amines) is 1. The van der Waals surface area contributed by atoms with Crippen LogP contribution in [0.15, 0.2) is 17.2 Å². The van der Waals surface area contributed by atoms with Crippen molar-refractivity contribution in [1.82, 2.24) is 29.4 Å². The van der Waals surface area contributed by atoms with E-state index in [9.17, 15) is 9.59 Å². The molecule has 2 aromatic heterocycles. The van der Waals surface area contributed by atoms with Crippen molar-refractivity contribution in [3.05, 3.63) is 28.6 Å². The summed E-state index contributed by atoms with van der Waals surface area (Å²) in [6, 6.07) is -0.108. The van der Waals surface area contributed by atoms with Gasteiger partial charge in [0, 0.05) is 32.4 Å². The molecule has 2 aromatic rings. The minimum Gasteiger partial charge on any atom is -0.372 e. The van der Waals surface area contributed by atoms with Gasteiger partial charge in [0.15, 0.2) is 0 Å². The zero-order valence-corrected chi connectivity index (χ0v) is 14.1. The van der Waals surface area contributed by atoms with Gasteiger partial charge >= 0.3 is 6.03 Å². The van der Waals surface area contributed by atoms with Crippen LogP contribution in [-0.2, 0) is 18.2 Å². The van der Waals surface area contributed by atoms with E-state index in [1.807, 2.05) is 13.8 Å². The number of nitrogens with zero attached hydrogens (tertiary/aromatic N) is 5. The summed E-state index contributed by atoms with van der Waals surface area (Å²) in [6.07, 6.45) is 4.22. The van der Waals surface area contributed by atoms with Gasteiger partial charge in [0.05, 0.1) is 25.3 Å². The molecule has 1 aliphatic heterocycles. The Labute approximate surface area is 139 Å². The maximum absolute atomic E-state index is 12.0. The lowest BCUT2D eigenvalue weighted by Crippen LogP contribution is -2.58. The predicted octanol–water partition coefficient (Wildman–Crippen LogP) is -0.211. The van der Waals surface area contributed by atoms with Crippen molar-refractivity contribution in [2.45, 2.75) is 32.5 Å². The van der Waals surface area contributed by atoms with Gasteiger partial charge in [0.25, 0.3) is 5.56 Å². The largest absolute Gasteiger partial charge is 0.372 e. The quantitative estimate of drug-likeness (QED) is 0.816. The molecule has 1 N–H and O–H groups in total. The third-order valence-electron chi connectivity index (χ3n) is 3.94. The van der Waals surface area contributed by atoms with E-state index in [1.54, 1.807) is 28.7 Å². The Morgan fingerprint density at radius 2 is 2.12 bits per heavy atom. The molecule has 9 heteroatoms. The van der Waals surface area contributed by atoms with Crippen LogP contribution in [0, 0.1) is 0 Å². The van der Waals surface area contributed by atoms with E-state index in [2.05, 4.69) is 15.5 Å². The average molecular weight is 334 g/mol. The first-order valence-electron chi connectivity index (χ1n) is 8.03. The third-order valence-corrected chi connectivity index (χ3v) is 3.94. The molecular formula is C15H22N6O3. The predicted molar refractivity (Wildman–Crippen MR) is 86.9 cm³/mol. The smallest absolute Gasteiger partial charge is 0.317 e. The van der Waals surface area contributed by atoms with E-state index in [0.29, 0.717) is 31.9 Å². The van der Waals surface area contributed by atoms with Crippen molar-refractivity contribution in [2.75, 3.05) is 19.6 Å². The molecule has 2 amide bonds. The van der Waals surface area contributed by atoms with Gasteiger partial charge in [-0.3, -0.25) is 9.20 Å². The fourth-order valence-corrected chi connectivity index (χ4v) is 2.66. The molecule has 0 atom stereocenters. The fourth-order valence-electron chi connectivity index (χ4n) is 2.66. The Morgan fingerprint density at radius 3 is 2.83 bits per heavy atom. The molecule has 0 aliphatic carbocycles. The maximum atomic E-state index is 12.0. The van der Waals surface area contributed by atoms with Crippen LogP contribution >= 0.6 is 0 Å². The van der Waals surface area contributed by atoms with Gasteiger partial charge in [-0.15, -0.1) is 10.2 Å². The summed E-state index contributed by atoms with van der Waals surface area (Å²) in [4.78, 5) is 25.6. The molecule has 9 nitrogen and oxygen atoms in total. The van der Waals surface area contributed by atoms with Crippen LogP contribution in [0.1, 0.15) is 19.7 Å².